The van der Waals surface area contributed by atoms with Crippen molar-refractivity contribution >= 4 is 22.8 Å². The van der Waals surface area contributed by atoms with E-state index in [0.29, 0.717) is 25.2 Å². The number of imidazole rings is 1. The van der Waals surface area contributed by atoms with Crippen LogP contribution in [-0.2, 0) is 27.4 Å². The highest BCUT2D eigenvalue weighted by Crippen LogP contribution is 2.12. The second-order valence-electron chi connectivity index (χ2n) is 5.22. The van der Waals surface area contributed by atoms with Crippen LogP contribution in [0.25, 0.3) is 11.0 Å². The van der Waals surface area contributed by atoms with E-state index in [0.717, 1.165) is 5.52 Å². The number of fused-ring (bicyclic) bond motifs is 1. The molecule has 1 heterocycles. The second-order valence-corrected chi connectivity index (χ2v) is 5.22. The molecule has 0 saturated heterocycles. The molecule has 0 aliphatic rings. The van der Waals surface area contributed by atoms with E-state index in [1.165, 1.54) is 4.57 Å². The number of nitrogens with zero attached hydrogens (tertiary/aromatic N) is 2. The van der Waals surface area contributed by atoms with Crippen LogP contribution in [0.3, 0.4) is 0 Å². The van der Waals surface area contributed by atoms with E-state index in [2.05, 4.69) is 10.6 Å². The number of aromatic nitrogens is 2. The monoisotopic (exact) mass is 334 g/mol. The first-order chi connectivity index (χ1) is 11.6. The molecular formula is C16H22N4O4. The average Bonchev–Trinajstić information content (AvgIpc) is 2.85. The van der Waals surface area contributed by atoms with Crippen molar-refractivity contribution in [2.24, 2.45) is 0 Å². The Bertz CT molecular complexity index is 778. The standard InChI is InChI=1S/C16H22N4O4/c1-3-19-12-6-4-5-7-13(12)20(16(19)23)11-15(22)18-10-14(21)17-8-9-24-2/h4-7H,3,8-11H2,1-2H3,(H,17,21)(H,18,22). The Morgan fingerprint density at radius 2 is 1.75 bits per heavy atom. The number of rotatable bonds is 8. The zero-order valence-electron chi connectivity index (χ0n) is 13.9. The van der Waals surface area contributed by atoms with Gasteiger partial charge >= 0.3 is 5.69 Å². The smallest absolute Gasteiger partial charge is 0.329 e. The van der Waals surface area contributed by atoms with Crippen molar-refractivity contribution in [1.82, 2.24) is 19.8 Å². The molecule has 0 spiro atoms. The number of nitrogens with one attached hydrogen (secondary N) is 2. The maximum absolute atomic E-state index is 12.4. The second kappa shape index (κ2) is 8.30. The van der Waals surface area contributed by atoms with Gasteiger partial charge in [-0.1, -0.05) is 12.1 Å². The van der Waals surface area contributed by atoms with Crippen molar-refractivity contribution in [1.29, 1.82) is 0 Å². The van der Waals surface area contributed by atoms with Gasteiger partial charge in [-0.3, -0.25) is 18.7 Å². The van der Waals surface area contributed by atoms with Crippen LogP contribution in [-0.4, -0.2) is 47.8 Å². The summed E-state index contributed by atoms with van der Waals surface area (Å²) in [5, 5.41) is 5.12. The maximum atomic E-state index is 12.4. The van der Waals surface area contributed by atoms with Crippen LogP contribution in [0.5, 0.6) is 0 Å². The van der Waals surface area contributed by atoms with Crippen LogP contribution in [0, 0.1) is 0 Å². The number of hydrogen-bond donors (Lipinski definition) is 2. The number of carbonyl (C=O) groups is 2. The van der Waals surface area contributed by atoms with Crippen molar-refractivity contribution in [2.75, 3.05) is 26.8 Å². The molecule has 0 radical (unpaired) electrons. The minimum atomic E-state index is -0.391. The molecule has 1 aromatic heterocycles. The molecular weight excluding hydrogens is 312 g/mol. The first-order valence-electron chi connectivity index (χ1n) is 7.78. The molecule has 0 aliphatic carbocycles. The van der Waals surface area contributed by atoms with Gasteiger partial charge in [0.15, 0.2) is 0 Å². The number of aryl methyl sites for hydroxylation is 1. The van der Waals surface area contributed by atoms with Gasteiger partial charge in [-0.15, -0.1) is 0 Å². The summed E-state index contributed by atoms with van der Waals surface area (Å²) in [6.07, 6.45) is 0. The lowest BCUT2D eigenvalue weighted by molar-refractivity contribution is -0.126. The first kappa shape index (κ1) is 17.7. The highest BCUT2D eigenvalue weighted by atomic mass is 16.5. The number of hydrogen-bond acceptors (Lipinski definition) is 4. The molecule has 0 unspecified atom stereocenters. The first-order valence-corrected chi connectivity index (χ1v) is 7.78. The Morgan fingerprint density at radius 3 is 2.38 bits per heavy atom. The van der Waals surface area contributed by atoms with Gasteiger partial charge in [0.25, 0.3) is 0 Å². The SMILES string of the molecule is CCn1c(=O)n(CC(=O)NCC(=O)NCCOC)c2ccccc21. The molecule has 2 amide bonds. The Morgan fingerprint density at radius 1 is 1.08 bits per heavy atom. The molecule has 2 N–H and O–H groups in total. The van der Waals surface area contributed by atoms with Crippen molar-refractivity contribution in [2.45, 2.75) is 20.0 Å². The zero-order valence-corrected chi connectivity index (χ0v) is 13.9. The summed E-state index contributed by atoms with van der Waals surface area (Å²) in [5.41, 5.74) is 1.25. The van der Waals surface area contributed by atoms with Crippen LogP contribution in [0.1, 0.15) is 6.92 Å². The third-order valence-corrected chi connectivity index (χ3v) is 3.62. The lowest BCUT2D eigenvalue weighted by Crippen LogP contribution is -2.40. The van der Waals surface area contributed by atoms with E-state index in [4.69, 9.17) is 4.74 Å². The van der Waals surface area contributed by atoms with Crippen LogP contribution >= 0.6 is 0 Å². The topological polar surface area (TPSA) is 94.4 Å². The molecule has 2 aromatic rings. The summed E-state index contributed by atoms with van der Waals surface area (Å²) in [6.45, 7) is 2.93. The van der Waals surface area contributed by atoms with Crippen LogP contribution < -0.4 is 16.3 Å². The molecule has 0 fully saturated rings. The molecule has 8 nitrogen and oxygen atoms in total. The minimum Gasteiger partial charge on any atom is -0.383 e. The van der Waals surface area contributed by atoms with Crippen molar-refractivity contribution in [3.63, 3.8) is 0 Å². The van der Waals surface area contributed by atoms with E-state index < -0.39 is 5.91 Å². The van der Waals surface area contributed by atoms with Crippen molar-refractivity contribution in [3.8, 4) is 0 Å². The van der Waals surface area contributed by atoms with E-state index in [1.54, 1.807) is 17.7 Å². The summed E-state index contributed by atoms with van der Waals surface area (Å²) in [6, 6.07) is 7.31. The Balaban J connectivity index is 2.02. The zero-order chi connectivity index (χ0) is 17.5. The number of amides is 2. The number of para-hydroxylation sites is 2. The highest BCUT2D eigenvalue weighted by molar-refractivity contribution is 5.85. The molecule has 8 heteroatoms. The van der Waals surface area contributed by atoms with Crippen molar-refractivity contribution < 1.29 is 14.3 Å². The van der Waals surface area contributed by atoms with E-state index in [1.807, 2.05) is 25.1 Å². The average molecular weight is 334 g/mol. The van der Waals surface area contributed by atoms with Gasteiger partial charge in [0.2, 0.25) is 11.8 Å². The van der Waals surface area contributed by atoms with Gasteiger partial charge in [-0.2, -0.15) is 0 Å². The largest absolute Gasteiger partial charge is 0.383 e. The quantitative estimate of drug-likeness (QED) is 0.648. The number of carbonyl (C=O) groups excluding carboxylic acids is 2. The van der Waals surface area contributed by atoms with Gasteiger partial charge in [-0.25, -0.2) is 4.79 Å². The summed E-state index contributed by atoms with van der Waals surface area (Å²) < 4.78 is 7.85. The summed E-state index contributed by atoms with van der Waals surface area (Å²) in [4.78, 5) is 36.0. The summed E-state index contributed by atoms with van der Waals surface area (Å²) in [5.74, 6) is -0.693. The van der Waals surface area contributed by atoms with Crippen LogP contribution in [0.2, 0.25) is 0 Å². The fraction of sp³-hybridized carbons (Fsp3) is 0.438. The lowest BCUT2D eigenvalue weighted by atomic mass is 10.3. The molecule has 0 saturated carbocycles. The molecule has 130 valence electrons. The molecule has 1 aromatic carbocycles. The van der Waals surface area contributed by atoms with Gasteiger partial charge in [-0.05, 0) is 19.1 Å². The van der Waals surface area contributed by atoms with E-state index >= 15 is 0 Å². The predicted molar refractivity (Wildman–Crippen MR) is 89.8 cm³/mol. The number of benzene rings is 1. The Hall–Kier alpha value is -2.61. The fourth-order valence-electron chi connectivity index (χ4n) is 2.46. The Labute approximate surface area is 139 Å². The molecule has 0 atom stereocenters. The number of ether oxygens (including phenoxy) is 1. The third kappa shape index (κ3) is 4.02. The van der Waals surface area contributed by atoms with E-state index in [-0.39, 0.29) is 24.7 Å². The highest BCUT2D eigenvalue weighted by Gasteiger charge is 2.14. The maximum Gasteiger partial charge on any atom is 0.329 e. The van der Waals surface area contributed by atoms with Crippen LogP contribution in [0.4, 0.5) is 0 Å². The normalized spacial score (nSPS) is 10.8. The number of methoxy groups -OCH3 is 1. The molecule has 0 bridgehead atoms. The summed E-state index contributed by atoms with van der Waals surface area (Å²) in [7, 11) is 1.54. The lowest BCUT2D eigenvalue weighted by Gasteiger charge is -2.07. The molecule has 24 heavy (non-hydrogen) atoms. The molecule has 0 aliphatic heterocycles. The molecule has 2 rings (SSSR count). The fourth-order valence-corrected chi connectivity index (χ4v) is 2.46. The van der Waals surface area contributed by atoms with Gasteiger partial charge in [0.1, 0.15) is 6.54 Å². The van der Waals surface area contributed by atoms with Gasteiger partial charge in [0, 0.05) is 20.2 Å². The third-order valence-electron chi connectivity index (χ3n) is 3.62. The van der Waals surface area contributed by atoms with E-state index in [9.17, 15) is 14.4 Å². The van der Waals surface area contributed by atoms with Crippen molar-refractivity contribution in [3.05, 3.63) is 34.7 Å². The minimum absolute atomic E-state index is 0.127. The summed E-state index contributed by atoms with van der Waals surface area (Å²) >= 11 is 0. The van der Waals surface area contributed by atoms with Crippen LogP contribution in [0.15, 0.2) is 29.1 Å². The Kier molecular flexibility index (Phi) is 6.14. The van der Waals surface area contributed by atoms with Gasteiger partial charge in [0.05, 0.1) is 24.2 Å². The predicted octanol–water partition coefficient (Wildman–Crippen LogP) is -0.298. The van der Waals surface area contributed by atoms with Gasteiger partial charge < -0.3 is 15.4 Å².